The van der Waals surface area contributed by atoms with Gasteiger partial charge in [-0.25, -0.2) is 0 Å². The van der Waals surface area contributed by atoms with E-state index in [-0.39, 0.29) is 24.3 Å². The zero-order valence-corrected chi connectivity index (χ0v) is 10.8. The molecule has 1 heterocycles. The summed E-state index contributed by atoms with van der Waals surface area (Å²) in [5, 5.41) is 3.13. The third kappa shape index (κ3) is 3.70. The van der Waals surface area contributed by atoms with Gasteiger partial charge in [0, 0.05) is 19.2 Å². The van der Waals surface area contributed by atoms with Gasteiger partial charge in [-0.05, 0) is 31.4 Å². The van der Waals surface area contributed by atoms with E-state index in [0.717, 1.165) is 25.5 Å². The lowest BCUT2D eigenvalue weighted by molar-refractivity contribution is -0.138. The van der Waals surface area contributed by atoms with Gasteiger partial charge in [-0.3, -0.25) is 0 Å². The molecule has 0 radical (unpaired) electrons. The van der Waals surface area contributed by atoms with Crippen molar-refractivity contribution in [3.8, 4) is 0 Å². The lowest BCUT2D eigenvalue weighted by Crippen LogP contribution is -2.36. The van der Waals surface area contributed by atoms with E-state index in [2.05, 4.69) is 5.32 Å². The van der Waals surface area contributed by atoms with E-state index in [9.17, 15) is 13.2 Å². The third-order valence-electron chi connectivity index (χ3n) is 3.46. The van der Waals surface area contributed by atoms with Crippen molar-refractivity contribution in [3.05, 3.63) is 35.4 Å². The largest absolute Gasteiger partial charge is 0.416 e. The van der Waals surface area contributed by atoms with Crippen LogP contribution >= 0.6 is 0 Å². The molecule has 1 aromatic rings. The summed E-state index contributed by atoms with van der Waals surface area (Å²) in [6.07, 6.45) is -2.20. The second-order valence-corrected chi connectivity index (χ2v) is 4.88. The third-order valence-corrected chi connectivity index (χ3v) is 3.46. The lowest BCUT2D eigenvalue weighted by Gasteiger charge is -2.21. The van der Waals surface area contributed by atoms with Gasteiger partial charge in [0.1, 0.15) is 0 Å². The van der Waals surface area contributed by atoms with Gasteiger partial charge >= 0.3 is 6.18 Å². The van der Waals surface area contributed by atoms with E-state index < -0.39 is 11.7 Å². The Morgan fingerprint density at radius 2 is 2.11 bits per heavy atom. The summed E-state index contributed by atoms with van der Waals surface area (Å²) in [5.74, 6) is 0. The Bertz CT molecular complexity index is 413. The average Bonchev–Trinajstić information content (AvgIpc) is 2.89. The number of hydrogen-bond acceptors (Lipinski definition) is 2. The van der Waals surface area contributed by atoms with Crippen LogP contribution in [0.25, 0.3) is 0 Å². The van der Waals surface area contributed by atoms with Gasteiger partial charge in [0.05, 0.1) is 11.7 Å². The summed E-state index contributed by atoms with van der Waals surface area (Å²) in [7, 11) is 0. The molecule has 5 heteroatoms. The molecular formula is C14H18F3NO. The second kappa shape index (κ2) is 5.92. The fraction of sp³-hybridized carbons (Fsp3) is 0.571. The maximum absolute atomic E-state index is 12.8. The van der Waals surface area contributed by atoms with E-state index in [1.807, 2.05) is 6.92 Å². The van der Waals surface area contributed by atoms with Crippen LogP contribution in [0.2, 0.25) is 0 Å². The van der Waals surface area contributed by atoms with Crippen LogP contribution in [0.5, 0.6) is 0 Å². The van der Waals surface area contributed by atoms with Crippen LogP contribution in [0.15, 0.2) is 24.3 Å². The quantitative estimate of drug-likeness (QED) is 0.908. The normalized spacial score (nSPS) is 21.6. The topological polar surface area (TPSA) is 21.3 Å². The monoisotopic (exact) mass is 273 g/mol. The Morgan fingerprint density at radius 1 is 1.37 bits per heavy atom. The van der Waals surface area contributed by atoms with Gasteiger partial charge in [-0.2, -0.15) is 13.2 Å². The smallest absolute Gasteiger partial charge is 0.377 e. The summed E-state index contributed by atoms with van der Waals surface area (Å²) in [6, 6.07) is 5.73. The highest BCUT2D eigenvalue weighted by Gasteiger charge is 2.33. The van der Waals surface area contributed by atoms with Crippen molar-refractivity contribution < 1.29 is 17.9 Å². The van der Waals surface area contributed by atoms with E-state index in [0.29, 0.717) is 0 Å². The summed E-state index contributed by atoms with van der Waals surface area (Å²) in [5.41, 5.74) is -0.290. The first-order valence-corrected chi connectivity index (χ1v) is 6.48. The molecule has 1 N–H and O–H groups in total. The number of hydrogen-bond donors (Lipinski definition) is 1. The SMILES string of the molecule is CC(NCc1ccccc1C(F)(F)F)C1CCCO1. The second-order valence-electron chi connectivity index (χ2n) is 4.88. The van der Waals surface area contributed by atoms with Crippen molar-refractivity contribution in [1.82, 2.24) is 5.32 Å². The van der Waals surface area contributed by atoms with Crippen LogP contribution in [0.4, 0.5) is 13.2 Å². The molecule has 0 saturated carbocycles. The van der Waals surface area contributed by atoms with Crippen LogP contribution in [0.3, 0.4) is 0 Å². The maximum Gasteiger partial charge on any atom is 0.416 e. The highest BCUT2D eigenvalue weighted by atomic mass is 19.4. The highest BCUT2D eigenvalue weighted by Crippen LogP contribution is 2.31. The highest BCUT2D eigenvalue weighted by molar-refractivity contribution is 5.29. The molecule has 1 saturated heterocycles. The number of ether oxygens (including phenoxy) is 1. The van der Waals surface area contributed by atoms with Crippen LogP contribution in [-0.2, 0) is 17.5 Å². The van der Waals surface area contributed by atoms with Gasteiger partial charge in [0.25, 0.3) is 0 Å². The van der Waals surface area contributed by atoms with Crippen LogP contribution in [0, 0.1) is 0 Å². The molecule has 19 heavy (non-hydrogen) atoms. The number of benzene rings is 1. The minimum atomic E-state index is -4.30. The van der Waals surface area contributed by atoms with Crippen molar-refractivity contribution in [3.63, 3.8) is 0 Å². The van der Waals surface area contributed by atoms with Crippen molar-refractivity contribution in [2.45, 2.75) is 44.6 Å². The molecule has 0 bridgehead atoms. The van der Waals surface area contributed by atoms with Crippen LogP contribution < -0.4 is 5.32 Å². The first-order valence-electron chi connectivity index (χ1n) is 6.48. The average molecular weight is 273 g/mol. The molecule has 0 amide bonds. The van der Waals surface area contributed by atoms with E-state index in [1.165, 1.54) is 12.1 Å². The molecule has 2 unspecified atom stereocenters. The fourth-order valence-electron chi connectivity index (χ4n) is 2.35. The molecule has 0 aromatic heterocycles. The zero-order valence-electron chi connectivity index (χ0n) is 10.8. The molecule has 1 aliphatic rings. The molecule has 2 nitrogen and oxygen atoms in total. The summed E-state index contributed by atoms with van der Waals surface area (Å²) >= 11 is 0. The first-order chi connectivity index (χ1) is 8.98. The molecule has 1 aliphatic heterocycles. The van der Waals surface area contributed by atoms with Crippen molar-refractivity contribution >= 4 is 0 Å². The molecule has 2 atom stereocenters. The molecule has 0 spiro atoms. The summed E-state index contributed by atoms with van der Waals surface area (Å²) in [4.78, 5) is 0. The molecule has 1 aromatic carbocycles. The minimum absolute atomic E-state index is 0.0591. The van der Waals surface area contributed by atoms with Gasteiger partial charge in [0.15, 0.2) is 0 Å². The van der Waals surface area contributed by atoms with Gasteiger partial charge in [-0.15, -0.1) is 0 Å². The number of halogens is 3. The summed E-state index contributed by atoms with van der Waals surface area (Å²) < 4.78 is 44.0. The zero-order chi connectivity index (χ0) is 13.9. The van der Waals surface area contributed by atoms with Crippen LogP contribution in [-0.4, -0.2) is 18.8 Å². The Kier molecular flexibility index (Phi) is 4.47. The van der Waals surface area contributed by atoms with Gasteiger partial charge in [-0.1, -0.05) is 18.2 Å². The molecule has 106 valence electrons. The van der Waals surface area contributed by atoms with Crippen molar-refractivity contribution in [2.24, 2.45) is 0 Å². The Balaban J connectivity index is 1.99. The van der Waals surface area contributed by atoms with Crippen molar-refractivity contribution in [1.29, 1.82) is 0 Å². The minimum Gasteiger partial charge on any atom is -0.377 e. The number of rotatable bonds is 4. The number of nitrogens with one attached hydrogen (secondary N) is 1. The molecule has 0 aliphatic carbocycles. The lowest BCUT2D eigenvalue weighted by atomic mass is 10.1. The van der Waals surface area contributed by atoms with E-state index in [4.69, 9.17) is 4.74 Å². The van der Waals surface area contributed by atoms with E-state index >= 15 is 0 Å². The molecular weight excluding hydrogens is 255 g/mol. The molecule has 2 rings (SSSR count). The van der Waals surface area contributed by atoms with Crippen LogP contribution in [0.1, 0.15) is 30.9 Å². The predicted molar refractivity (Wildman–Crippen MR) is 66.7 cm³/mol. The Labute approximate surface area is 111 Å². The predicted octanol–water partition coefficient (Wildman–Crippen LogP) is 3.36. The maximum atomic E-state index is 12.8. The van der Waals surface area contributed by atoms with Gasteiger partial charge < -0.3 is 10.1 Å². The number of alkyl halides is 3. The Morgan fingerprint density at radius 3 is 2.74 bits per heavy atom. The first kappa shape index (κ1) is 14.3. The van der Waals surface area contributed by atoms with E-state index in [1.54, 1.807) is 6.07 Å². The van der Waals surface area contributed by atoms with Gasteiger partial charge in [0.2, 0.25) is 0 Å². The Hall–Kier alpha value is -1.07. The fourth-order valence-corrected chi connectivity index (χ4v) is 2.35. The summed E-state index contributed by atoms with van der Waals surface area (Å²) in [6.45, 7) is 2.90. The molecule has 1 fully saturated rings. The standard InChI is InChI=1S/C14H18F3NO/c1-10(13-7-4-8-19-13)18-9-11-5-2-3-6-12(11)14(15,16)17/h2-3,5-6,10,13,18H,4,7-9H2,1H3. The van der Waals surface area contributed by atoms with Crippen molar-refractivity contribution in [2.75, 3.05) is 6.61 Å².